The van der Waals surface area contributed by atoms with Gasteiger partial charge in [0.25, 0.3) is 0 Å². The standard InChI is InChI=1S/C24H18F3N7O/c25-24(26,27)23-11-17(10-22(31-23)16-12-29-30-13-16)28-14-18-15-34(33-32-18)19-6-8-21(9-7-19)35-20-4-2-1-3-5-20/h1-13,15H,14H2,(H,28,31)(H,29,30). The number of nitrogens with zero attached hydrogens (tertiary/aromatic N) is 5. The van der Waals surface area contributed by atoms with Crippen LogP contribution in [0.15, 0.2) is 85.3 Å². The van der Waals surface area contributed by atoms with Crippen molar-refractivity contribution >= 4 is 5.69 Å². The highest BCUT2D eigenvalue weighted by Crippen LogP contribution is 2.32. The van der Waals surface area contributed by atoms with Gasteiger partial charge in [0, 0.05) is 17.4 Å². The van der Waals surface area contributed by atoms with Crippen LogP contribution in [0.25, 0.3) is 16.9 Å². The van der Waals surface area contributed by atoms with E-state index in [-0.39, 0.29) is 17.9 Å². The second-order valence-corrected chi connectivity index (χ2v) is 7.53. The van der Waals surface area contributed by atoms with Crippen molar-refractivity contribution in [3.63, 3.8) is 0 Å². The maximum Gasteiger partial charge on any atom is 0.433 e. The van der Waals surface area contributed by atoms with Crippen LogP contribution in [0.1, 0.15) is 11.4 Å². The van der Waals surface area contributed by atoms with Gasteiger partial charge in [0.05, 0.1) is 30.3 Å². The average Bonchev–Trinajstić information content (AvgIpc) is 3.56. The number of benzene rings is 2. The largest absolute Gasteiger partial charge is 0.457 e. The monoisotopic (exact) mass is 477 g/mol. The van der Waals surface area contributed by atoms with Gasteiger partial charge in [0.15, 0.2) is 0 Å². The summed E-state index contributed by atoms with van der Waals surface area (Å²) in [7, 11) is 0. The molecule has 0 unspecified atom stereocenters. The van der Waals surface area contributed by atoms with Crippen molar-refractivity contribution in [3.05, 3.63) is 96.7 Å². The highest BCUT2D eigenvalue weighted by atomic mass is 19.4. The summed E-state index contributed by atoms with van der Waals surface area (Å²) in [6, 6.07) is 19.2. The number of nitrogens with one attached hydrogen (secondary N) is 2. The molecule has 0 saturated carbocycles. The molecular formula is C24H18F3N7O. The molecule has 2 N–H and O–H groups in total. The fourth-order valence-corrected chi connectivity index (χ4v) is 3.31. The van der Waals surface area contributed by atoms with E-state index in [0.717, 1.165) is 17.5 Å². The van der Waals surface area contributed by atoms with Gasteiger partial charge in [-0.25, -0.2) is 9.67 Å². The van der Waals surface area contributed by atoms with E-state index in [1.54, 1.807) is 10.9 Å². The molecule has 5 aromatic rings. The first-order chi connectivity index (χ1) is 16.9. The number of aromatic amines is 1. The molecule has 0 bridgehead atoms. The molecule has 3 aromatic heterocycles. The number of H-pyrrole nitrogens is 1. The van der Waals surface area contributed by atoms with Gasteiger partial charge >= 0.3 is 6.18 Å². The molecule has 3 heterocycles. The third-order valence-corrected chi connectivity index (χ3v) is 5.00. The Morgan fingerprint density at radius 2 is 1.74 bits per heavy atom. The smallest absolute Gasteiger partial charge is 0.433 e. The summed E-state index contributed by atoms with van der Waals surface area (Å²) in [5.74, 6) is 1.41. The lowest BCUT2D eigenvalue weighted by atomic mass is 10.2. The van der Waals surface area contributed by atoms with E-state index < -0.39 is 11.9 Å². The Kier molecular flexibility index (Phi) is 5.88. The number of aromatic nitrogens is 6. The van der Waals surface area contributed by atoms with Crippen molar-refractivity contribution in [2.24, 2.45) is 0 Å². The Bertz CT molecular complexity index is 1400. The number of hydrogen-bond donors (Lipinski definition) is 2. The molecule has 0 amide bonds. The Hall–Kier alpha value is -4.67. The van der Waals surface area contributed by atoms with Gasteiger partial charge in [-0.15, -0.1) is 5.10 Å². The first-order valence-corrected chi connectivity index (χ1v) is 10.5. The van der Waals surface area contributed by atoms with Gasteiger partial charge in [-0.1, -0.05) is 23.4 Å². The van der Waals surface area contributed by atoms with E-state index in [9.17, 15) is 13.2 Å². The maximum absolute atomic E-state index is 13.3. The molecule has 0 atom stereocenters. The normalized spacial score (nSPS) is 11.4. The third kappa shape index (κ3) is 5.29. The summed E-state index contributed by atoms with van der Waals surface area (Å²) < 4.78 is 47.4. The maximum atomic E-state index is 13.3. The predicted molar refractivity (Wildman–Crippen MR) is 122 cm³/mol. The van der Waals surface area contributed by atoms with Crippen molar-refractivity contribution in [1.29, 1.82) is 0 Å². The number of alkyl halides is 3. The molecular weight excluding hydrogens is 459 g/mol. The molecule has 0 spiro atoms. The molecule has 0 aliphatic rings. The van der Waals surface area contributed by atoms with Crippen LogP contribution in [0.5, 0.6) is 11.5 Å². The molecule has 0 aliphatic heterocycles. The highest BCUT2D eigenvalue weighted by molar-refractivity contribution is 5.63. The van der Waals surface area contributed by atoms with E-state index in [2.05, 4.69) is 30.8 Å². The van der Waals surface area contributed by atoms with Gasteiger partial charge in [-0.2, -0.15) is 18.3 Å². The van der Waals surface area contributed by atoms with E-state index in [1.807, 2.05) is 54.6 Å². The topological polar surface area (TPSA) is 93.5 Å². The zero-order chi connectivity index (χ0) is 24.3. The van der Waals surface area contributed by atoms with Crippen molar-refractivity contribution in [3.8, 4) is 28.4 Å². The second-order valence-electron chi connectivity index (χ2n) is 7.53. The summed E-state index contributed by atoms with van der Waals surface area (Å²) >= 11 is 0. The first kappa shape index (κ1) is 22.1. The number of pyridine rings is 1. The molecule has 35 heavy (non-hydrogen) atoms. The molecule has 2 aromatic carbocycles. The molecule has 0 fully saturated rings. The fourth-order valence-electron chi connectivity index (χ4n) is 3.31. The van der Waals surface area contributed by atoms with Crippen molar-refractivity contribution in [2.45, 2.75) is 12.7 Å². The quantitative estimate of drug-likeness (QED) is 0.323. The second kappa shape index (κ2) is 9.29. The van der Waals surface area contributed by atoms with Crippen LogP contribution < -0.4 is 10.1 Å². The molecule has 5 rings (SSSR count). The van der Waals surface area contributed by atoms with Crippen molar-refractivity contribution in [2.75, 3.05) is 5.32 Å². The van der Waals surface area contributed by atoms with E-state index >= 15 is 0 Å². The molecule has 0 radical (unpaired) electrons. The van der Waals surface area contributed by atoms with Gasteiger partial charge in [-0.3, -0.25) is 5.10 Å². The van der Waals surface area contributed by atoms with Crippen LogP contribution in [0.2, 0.25) is 0 Å². The Morgan fingerprint density at radius 1 is 0.971 bits per heavy atom. The van der Waals surface area contributed by atoms with Gasteiger partial charge in [0.1, 0.15) is 22.9 Å². The number of rotatable bonds is 7. The zero-order valence-corrected chi connectivity index (χ0v) is 18.1. The van der Waals surface area contributed by atoms with Gasteiger partial charge in [0.2, 0.25) is 0 Å². The summed E-state index contributed by atoms with van der Waals surface area (Å²) in [4.78, 5) is 3.71. The number of ether oxygens (including phenoxy) is 1. The van der Waals surface area contributed by atoms with Crippen LogP contribution in [0, 0.1) is 0 Å². The number of anilines is 1. The SMILES string of the molecule is FC(F)(F)c1cc(NCc2cn(-c3ccc(Oc4ccccc4)cc3)nn2)cc(-c2cn[nH]c2)n1. The minimum Gasteiger partial charge on any atom is -0.457 e. The Morgan fingerprint density at radius 3 is 2.46 bits per heavy atom. The summed E-state index contributed by atoms with van der Waals surface area (Å²) in [5, 5.41) is 17.5. The fraction of sp³-hybridized carbons (Fsp3) is 0.0833. The van der Waals surface area contributed by atoms with E-state index in [4.69, 9.17) is 4.74 Å². The third-order valence-electron chi connectivity index (χ3n) is 5.00. The summed E-state index contributed by atoms with van der Waals surface area (Å²) in [6.45, 7) is 0.168. The molecule has 176 valence electrons. The van der Waals surface area contributed by atoms with E-state index in [0.29, 0.717) is 17.0 Å². The van der Waals surface area contributed by atoms with Crippen molar-refractivity contribution in [1.82, 2.24) is 30.2 Å². The minimum absolute atomic E-state index is 0.151. The lowest BCUT2D eigenvalue weighted by Gasteiger charge is -2.11. The lowest BCUT2D eigenvalue weighted by Crippen LogP contribution is -2.10. The summed E-state index contributed by atoms with van der Waals surface area (Å²) in [5.41, 5.74) is 1.16. The van der Waals surface area contributed by atoms with Crippen LogP contribution >= 0.6 is 0 Å². The predicted octanol–water partition coefficient (Wildman–Crippen LogP) is 5.48. The molecule has 11 heteroatoms. The van der Waals surface area contributed by atoms with Crippen LogP contribution in [0.3, 0.4) is 0 Å². The Balaban J connectivity index is 1.28. The molecule has 0 aliphatic carbocycles. The first-order valence-electron chi connectivity index (χ1n) is 10.5. The average molecular weight is 477 g/mol. The van der Waals surface area contributed by atoms with Crippen LogP contribution in [-0.4, -0.2) is 30.2 Å². The summed E-state index contributed by atoms with van der Waals surface area (Å²) in [6.07, 6.45) is 0.000644. The minimum atomic E-state index is -4.59. The van der Waals surface area contributed by atoms with E-state index in [1.165, 1.54) is 18.5 Å². The lowest BCUT2D eigenvalue weighted by molar-refractivity contribution is -0.141. The number of para-hydroxylation sites is 1. The highest BCUT2D eigenvalue weighted by Gasteiger charge is 2.33. The van der Waals surface area contributed by atoms with Crippen LogP contribution in [0.4, 0.5) is 18.9 Å². The van der Waals surface area contributed by atoms with Gasteiger partial charge in [-0.05, 0) is 48.5 Å². The molecule has 0 saturated heterocycles. The van der Waals surface area contributed by atoms with Crippen LogP contribution in [-0.2, 0) is 12.7 Å². The Labute approximate surface area is 197 Å². The number of halogens is 3. The van der Waals surface area contributed by atoms with Gasteiger partial charge < -0.3 is 10.1 Å². The van der Waals surface area contributed by atoms with Crippen molar-refractivity contribution < 1.29 is 17.9 Å². The number of hydrogen-bond acceptors (Lipinski definition) is 6. The zero-order valence-electron chi connectivity index (χ0n) is 18.1. The molecule has 8 nitrogen and oxygen atoms in total.